The van der Waals surface area contributed by atoms with E-state index in [0.717, 1.165) is 30.6 Å². The molecule has 1 fully saturated rings. The normalized spacial score (nSPS) is 19.8. The van der Waals surface area contributed by atoms with E-state index < -0.39 is 9.84 Å². The Kier molecular flexibility index (Phi) is 2.97. The molecule has 2 aromatic rings. The molecule has 0 bridgehead atoms. The molecule has 0 unspecified atom stereocenters. The number of fused-ring (bicyclic) bond motifs is 1. The van der Waals surface area contributed by atoms with E-state index in [4.69, 9.17) is 5.73 Å². The van der Waals surface area contributed by atoms with Gasteiger partial charge in [0.1, 0.15) is 15.5 Å². The Bertz CT molecular complexity index is 692. The fourth-order valence-corrected chi connectivity index (χ4v) is 4.18. The number of hydrogen-bond acceptors (Lipinski definition) is 4. The molecule has 3 heterocycles. The van der Waals surface area contributed by atoms with Gasteiger partial charge in [0, 0.05) is 24.1 Å². The zero-order chi connectivity index (χ0) is 13.5. The van der Waals surface area contributed by atoms with Crippen LogP contribution in [-0.4, -0.2) is 29.3 Å². The number of pyridine rings is 1. The topological polar surface area (TPSA) is 77.5 Å². The number of nitrogen functional groups attached to an aromatic ring is 1. The molecule has 0 spiro atoms. The van der Waals surface area contributed by atoms with Crippen molar-refractivity contribution in [2.45, 2.75) is 19.3 Å². The first kappa shape index (κ1) is 12.5. The third-order valence-corrected chi connectivity index (χ3v) is 5.42. The highest BCUT2D eigenvalue weighted by molar-refractivity contribution is 7.91. The minimum Gasteiger partial charge on any atom is -0.399 e. The van der Waals surface area contributed by atoms with Crippen molar-refractivity contribution in [3.63, 3.8) is 0 Å². The summed E-state index contributed by atoms with van der Waals surface area (Å²) in [5, 5.41) is 0. The molecule has 102 valence electrons. The second-order valence-corrected chi connectivity index (χ2v) is 7.56. The molecule has 19 heavy (non-hydrogen) atoms. The summed E-state index contributed by atoms with van der Waals surface area (Å²) in [6, 6.07) is 3.68. The number of nitrogens with two attached hydrogens (primary N) is 1. The first-order valence-corrected chi connectivity index (χ1v) is 8.27. The highest BCUT2D eigenvalue weighted by Crippen LogP contribution is 2.23. The minimum atomic E-state index is -2.78. The molecule has 3 rings (SSSR count). The average Bonchev–Trinajstić information content (AvgIpc) is 2.73. The summed E-state index contributed by atoms with van der Waals surface area (Å²) in [7, 11) is -2.78. The predicted molar refractivity (Wildman–Crippen MR) is 74.7 cm³/mol. The van der Waals surface area contributed by atoms with Crippen molar-refractivity contribution in [1.82, 2.24) is 9.38 Å². The maximum Gasteiger partial charge on any atom is 0.150 e. The number of anilines is 1. The molecule has 1 aliphatic heterocycles. The molecule has 0 amide bonds. The lowest BCUT2D eigenvalue weighted by Crippen LogP contribution is -2.24. The molecular formula is C13H17N3O2S. The number of hydrogen-bond donors (Lipinski definition) is 1. The van der Waals surface area contributed by atoms with Crippen LogP contribution in [0.3, 0.4) is 0 Å². The molecule has 0 radical (unpaired) electrons. The lowest BCUT2D eigenvalue weighted by molar-refractivity contribution is 0.459. The summed E-state index contributed by atoms with van der Waals surface area (Å²) in [6.07, 6.45) is 6.23. The lowest BCUT2D eigenvalue weighted by Gasteiger charge is -2.20. The summed E-state index contributed by atoms with van der Waals surface area (Å²) in [5.41, 5.74) is 8.28. The second-order valence-electron chi connectivity index (χ2n) is 5.26. The van der Waals surface area contributed by atoms with Crippen LogP contribution in [-0.2, 0) is 16.3 Å². The standard InChI is InChI=1S/C13H17N3O2S/c14-11-1-4-16-9-12(15-13(16)8-11)7-10-2-5-19(17,18)6-3-10/h1,4,8-10H,2-3,5-7,14H2. The minimum absolute atomic E-state index is 0.317. The number of nitrogens with zero attached hydrogens (tertiary/aromatic N) is 2. The first-order chi connectivity index (χ1) is 9.02. The van der Waals surface area contributed by atoms with Crippen LogP contribution < -0.4 is 5.73 Å². The largest absolute Gasteiger partial charge is 0.399 e. The van der Waals surface area contributed by atoms with E-state index in [2.05, 4.69) is 4.98 Å². The van der Waals surface area contributed by atoms with Gasteiger partial charge in [-0.2, -0.15) is 0 Å². The highest BCUT2D eigenvalue weighted by atomic mass is 32.2. The summed E-state index contributed by atoms with van der Waals surface area (Å²) in [6.45, 7) is 0. The van der Waals surface area contributed by atoms with Crippen LogP contribution in [0.2, 0.25) is 0 Å². The van der Waals surface area contributed by atoms with Crippen molar-refractivity contribution >= 4 is 21.2 Å². The molecule has 1 saturated heterocycles. The van der Waals surface area contributed by atoms with E-state index in [1.807, 2.05) is 28.9 Å². The van der Waals surface area contributed by atoms with Gasteiger partial charge < -0.3 is 10.1 Å². The number of rotatable bonds is 2. The third kappa shape index (κ3) is 2.73. The van der Waals surface area contributed by atoms with E-state index in [-0.39, 0.29) is 0 Å². The average molecular weight is 279 g/mol. The molecule has 0 saturated carbocycles. The Balaban J connectivity index is 1.75. The van der Waals surface area contributed by atoms with Gasteiger partial charge in [0.05, 0.1) is 17.2 Å². The van der Waals surface area contributed by atoms with Crippen molar-refractivity contribution in [3.8, 4) is 0 Å². The summed E-state index contributed by atoms with van der Waals surface area (Å²) < 4.78 is 24.7. The van der Waals surface area contributed by atoms with E-state index >= 15 is 0 Å². The number of sulfone groups is 1. The number of aromatic nitrogens is 2. The SMILES string of the molecule is Nc1ccn2cc(CC3CCS(=O)(=O)CC3)nc2c1. The van der Waals surface area contributed by atoms with Gasteiger partial charge in [0.25, 0.3) is 0 Å². The number of imidazole rings is 1. The molecule has 0 aromatic carbocycles. The van der Waals surface area contributed by atoms with Crippen LogP contribution >= 0.6 is 0 Å². The highest BCUT2D eigenvalue weighted by Gasteiger charge is 2.24. The predicted octanol–water partition coefficient (Wildman–Crippen LogP) is 1.28. The Morgan fingerprint density at radius 3 is 2.84 bits per heavy atom. The molecular weight excluding hydrogens is 262 g/mol. The van der Waals surface area contributed by atoms with E-state index in [9.17, 15) is 8.42 Å². The monoisotopic (exact) mass is 279 g/mol. The molecule has 2 aromatic heterocycles. The van der Waals surface area contributed by atoms with Crippen LogP contribution in [0, 0.1) is 5.92 Å². The van der Waals surface area contributed by atoms with Gasteiger partial charge >= 0.3 is 0 Å². The van der Waals surface area contributed by atoms with Crippen molar-refractivity contribution in [1.29, 1.82) is 0 Å². The Morgan fingerprint density at radius 1 is 1.37 bits per heavy atom. The molecule has 5 nitrogen and oxygen atoms in total. The zero-order valence-corrected chi connectivity index (χ0v) is 11.4. The van der Waals surface area contributed by atoms with Crippen LogP contribution in [0.4, 0.5) is 5.69 Å². The van der Waals surface area contributed by atoms with Crippen molar-refractivity contribution in [3.05, 3.63) is 30.2 Å². The van der Waals surface area contributed by atoms with Crippen LogP contribution in [0.25, 0.3) is 5.65 Å². The summed E-state index contributed by atoms with van der Waals surface area (Å²) in [4.78, 5) is 4.54. The van der Waals surface area contributed by atoms with Crippen LogP contribution in [0.5, 0.6) is 0 Å². The second kappa shape index (κ2) is 4.52. The Labute approximate surface area is 112 Å². The van der Waals surface area contributed by atoms with Gasteiger partial charge in [0.15, 0.2) is 0 Å². The lowest BCUT2D eigenvalue weighted by atomic mass is 9.97. The van der Waals surface area contributed by atoms with E-state index in [1.165, 1.54) is 0 Å². The zero-order valence-electron chi connectivity index (χ0n) is 10.6. The Morgan fingerprint density at radius 2 is 2.11 bits per heavy atom. The fourth-order valence-electron chi connectivity index (χ4n) is 2.59. The third-order valence-electron chi connectivity index (χ3n) is 3.71. The maximum absolute atomic E-state index is 11.4. The Hall–Kier alpha value is -1.56. The van der Waals surface area contributed by atoms with Gasteiger partial charge in [-0.3, -0.25) is 0 Å². The van der Waals surface area contributed by atoms with E-state index in [0.29, 0.717) is 23.1 Å². The molecule has 0 atom stereocenters. The molecule has 2 N–H and O–H groups in total. The van der Waals surface area contributed by atoms with Crippen LogP contribution in [0.1, 0.15) is 18.5 Å². The molecule has 1 aliphatic rings. The maximum atomic E-state index is 11.4. The van der Waals surface area contributed by atoms with Gasteiger partial charge in [-0.1, -0.05) is 0 Å². The first-order valence-electron chi connectivity index (χ1n) is 6.45. The van der Waals surface area contributed by atoms with Crippen molar-refractivity contribution < 1.29 is 8.42 Å². The van der Waals surface area contributed by atoms with Gasteiger partial charge in [-0.25, -0.2) is 13.4 Å². The quantitative estimate of drug-likeness (QED) is 0.898. The smallest absolute Gasteiger partial charge is 0.150 e. The van der Waals surface area contributed by atoms with Gasteiger partial charge in [-0.15, -0.1) is 0 Å². The van der Waals surface area contributed by atoms with Gasteiger partial charge in [-0.05, 0) is 31.2 Å². The van der Waals surface area contributed by atoms with E-state index in [1.54, 1.807) is 0 Å². The van der Waals surface area contributed by atoms with Crippen molar-refractivity contribution in [2.24, 2.45) is 5.92 Å². The van der Waals surface area contributed by atoms with Crippen LogP contribution in [0.15, 0.2) is 24.5 Å². The van der Waals surface area contributed by atoms with Crippen molar-refractivity contribution in [2.75, 3.05) is 17.2 Å². The summed E-state index contributed by atoms with van der Waals surface area (Å²) >= 11 is 0. The molecule has 0 aliphatic carbocycles. The fraction of sp³-hybridized carbons (Fsp3) is 0.462. The summed E-state index contributed by atoms with van der Waals surface area (Å²) in [5.74, 6) is 1.06. The molecule has 6 heteroatoms. The van der Waals surface area contributed by atoms with Gasteiger partial charge in [0.2, 0.25) is 0 Å².